The van der Waals surface area contributed by atoms with Crippen molar-refractivity contribution in [2.75, 3.05) is 5.75 Å². The van der Waals surface area contributed by atoms with Crippen LogP contribution in [0.25, 0.3) is 0 Å². The molecule has 0 amide bonds. The normalized spacial score (nSPS) is 10.6. The van der Waals surface area contributed by atoms with Gasteiger partial charge in [0.25, 0.3) is 0 Å². The molecule has 0 radical (unpaired) electrons. The number of hydrogen-bond acceptors (Lipinski definition) is 4. The second kappa shape index (κ2) is 4.28. The van der Waals surface area contributed by atoms with Crippen molar-refractivity contribution in [3.63, 3.8) is 0 Å². The van der Waals surface area contributed by atoms with Gasteiger partial charge in [-0.25, -0.2) is 9.97 Å². The fourth-order valence-corrected chi connectivity index (χ4v) is 1.93. The number of rotatable bonds is 4. The van der Waals surface area contributed by atoms with E-state index in [4.69, 9.17) is 0 Å². The van der Waals surface area contributed by atoms with E-state index >= 15 is 0 Å². The first-order chi connectivity index (χ1) is 6.86. The van der Waals surface area contributed by atoms with Crippen molar-refractivity contribution < 1.29 is 0 Å². The molecule has 0 saturated carbocycles. The Morgan fingerprint density at radius 2 is 2.43 bits per heavy atom. The fourth-order valence-electron chi connectivity index (χ4n) is 1.07. The minimum absolute atomic E-state index is 0.859. The van der Waals surface area contributed by atoms with Crippen molar-refractivity contribution in [2.24, 2.45) is 7.05 Å². The molecule has 0 saturated heterocycles. The van der Waals surface area contributed by atoms with E-state index in [0.717, 1.165) is 17.5 Å². The lowest BCUT2D eigenvalue weighted by atomic mass is 10.8. The predicted octanol–water partition coefficient (Wildman–Crippen LogP) is 0.804. The highest BCUT2D eigenvalue weighted by molar-refractivity contribution is 7.99. The Morgan fingerprint density at radius 3 is 3.07 bits per heavy atom. The zero-order valence-corrected chi connectivity index (χ0v) is 8.68. The first-order valence-electron chi connectivity index (χ1n) is 4.29. The largest absolute Gasteiger partial charge is 0.329 e. The summed E-state index contributed by atoms with van der Waals surface area (Å²) >= 11 is 1.72. The quantitative estimate of drug-likeness (QED) is 0.699. The van der Waals surface area contributed by atoms with Crippen molar-refractivity contribution in [3.05, 3.63) is 25.0 Å². The molecule has 0 fully saturated rings. The Labute approximate surface area is 86.2 Å². The molecule has 2 aromatic rings. The van der Waals surface area contributed by atoms with E-state index in [1.54, 1.807) is 30.6 Å². The Kier molecular flexibility index (Phi) is 2.83. The number of aryl methyl sites for hydroxylation is 2. The van der Waals surface area contributed by atoms with Gasteiger partial charge in [-0.15, -0.1) is 0 Å². The second-order valence-electron chi connectivity index (χ2n) is 2.83. The SMILES string of the molecule is Cn1ccnc1SCCn1cncn1. The third-order valence-corrected chi connectivity index (χ3v) is 2.83. The van der Waals surface area contributed by atoms with Crippen LogP contribution in [0, 0.1) is 0 Å². The highest BCUT2D eigenvalue weighted by Gasteiger charge is 1.99. The van der Waals surface area contributed by atoms with Gasteiger partial charge in [0.15, 0.2) is 5.16 Å². The van der Waals surface area contributed by atoms with Gasteiger partial charge in [0, 0.05) is 25.2 Å². The molecule has 0 aliphatic rings. The predicted molar refractivity (Wildman–Crippen MR) is 54.0 cm³/mol. The number of imidazole rings is 1. The summed E-state index contributed by atoms with van der Waals surface area (Å²) in [5.74, 6) is 0.953. The summed E-state index contributed by atoms with van der Waals surface area (Å²) in [7, 11) is 1.99. The van der Waals surface area contributed by atoms with Gasteiger partial charge in [-0.1, -0.05) is 11.8 Å². The van der Waals surface area contributed by atoms with E-state index in [9.17, 15) is 0 Å². The van der Waals surface area contributed by atoms with Crippen LogP contribution >= 0.6 is 11.8 Å². The van der Waals surface area contributed by atoms with Crippen LogP contribution in [-0.2, 0) is 13.6 Å². The molecule has 14 heavy (non-hydrogen) atoms. The molecule has 0 spiro atoms. The summed E-state index contributed by atoms with van der Waals surface area (Å²) in [6.45, 7) is 0.859. The van der Waals surface area contributed by atoms with Gasteiger partial charge in [0.05, 0.1) is 6.54 Å². The number of nitrogens with zero attached hydrogens (tertiary/aromatic N) is 5. The van der Waals surface area contributed by atoms with E-state index in [-0.39, 0.29) is 0 Å². The number of hydrogen-bond donors (Lipinski definition) is 0. The molecule has 0 aromatic carbocycles. The van der Waals surface area contributed by atoms with E-state index in [0.29, 0.717) is 0 Å². The van der Waals surface area contributed by atoms with Crippen molar-refractivity contribution in [3.8, 4) is 0 Å². The number of thioether (sulfide) groups is 1. The van der Waals surface area contributed by atoms with E-state index in [1.165, 1.54) is 0 Å². The molecule has 2 aromatic heterocycles. The molecule has 6 heteroatoms. The molecule has 0 atom stereocenters. The fraction of sp³-hybridized carbons (Fsp3) is 0.375. The maximum atomic E-state index is 4.22. The Hall–Kier alpha value is -1.30. The van der Waals surface area contributed by atoms with E-state index in [2.05, 4.69) is 15.1 Å². The Balaban J connectivity index is 1.81. The molecule has 2 heterocycles. The average Bonchev–Trinajstić information content (AvgIpc) is 2.78. The summed E-state index contributed by atoms with van der Waals surface area (Å²) in [6.07, 6.45) is 7.01. The Morgan fingerprint density at radius 1 is 1.50 bits per heavy atom. The van der Waals surface area contributed by atoms with Crippen LogP contribution < -0.4 is 0 Å². The highest BCUT2D eigenvalue weighted by Crippen LogP contribution is 2.13. The summed E-state index contributed by atoms with van der Waals surface area (Å²) in [5.41, 5.74) is 0. The molecule has 0 aliphatic heterocycles. The molecule has 74 valence electrons. The first kappa shape index (κ1) is 9.26. The summed E-state index contributed by atoms with van der Waals surface area (Å²) in [5, 5.41) is 5.06. The van der Waals surface area contributed by atoms with Gasteiger partial charge in [0.2, 0.25) is 0 Å². The van der Waals surface area contributed by atoms with Gasteiger partial charge in [0.1, 0.15) is 12.7 Å². The van der Waals surface area contributed by atoms with E-state index < -0.39 is 0 Å². The van der Waals surface area contributed by atoms with Crippen LogP contribution in [0.1, 0.15) is 0 Å². The lowest BCUT2D eigenvalue weighted by Crippen LogP contribution is -2.01. The van der Waals surface area contributed by atoms with Gasteiger partial charge in [-0.3, -0.25) is 4.68 Å². The molecular formula is C8H11N5S. The zero-order chi connectivity index (χ0) is 9.80. The lowest BCUT2D eigenvalue weighted by molar-refractivity contribution is 0.662. The lowest BCUT2D eigenvalue weighted by Gasteiger charge is -2.01. The zero-order valence-electron chi connectivity index (χ0n) is 7.87. The molecule has 2 rings (SSSR count). The number of aromatic nitrogens is 5. The van der Waals surface area contributed by atoms with Gasteiger partial charge >= 0.3 is 0 Å². The van der Waals surface area contributed by atoms with Crippen LogP contribution in [0.3, 0.4) is 0 Å². The molecule has 0 bridgehead atoms. The maximum absolute atomic E-state index is 4.22. The Bertz CT molecular complexity index is 380. The summed E-state index contributed by atoms with van der Waals surface area (Å²) in [6, 6.07) is 0. The summed E-state index contributed by atoms with van der Waals surface area (Å²) in [4.78, 5) is 8.09. The third-order valence-electron chi connectivity index (χ3n) is 1.80. The highest BCUT2D eigenvalue weighted by atomic mass is 32.2. The smallest absolute Gasteiger partial charge is 0.167 e. The average molecular weight is 209 g/mol. The van der Waals surface area contributed by atoms with Crippen LogP contribution in [-0.4, -0.2) is 30.1 Å². The van der Waals surface area contributed by atoms with Crippen molar-refractivity contribution in [1.82, 2.24) is 24.3 Å². The summed E-state index contributed by atoms with van der Waals surface area (Å²) < 4.78 is 3.82. The minimum atomic E-state index is 0.859. The van der Waals surface area contributed by atoms with Crippen molar-refractivity contribution in [2.45, 2.75) is 11.7 Å². The van der Waals surface area contributed by atoms with Crippen molar-refractivity contribution >= 4 is 11.8 Å². The molecule has 0 N–H and O–H groups in total. The van der Waals surface area contributed by atoms with Crippen LogP contribution in [0.4, 0.5) is 0 Å². The molecule has 5 nitrogen and oxygen atoms in total. The standard InChI is InChI=1S/C8H11N5S/c1-12-3-2-10-8(12)14-5-4-13-7-9-6-11-13/h2-3,6-7H,4-5H2,1H3. The maximum Gasteiger partial charge on any atom is 0.167 e. The monoisotopic (exact) mass is 209 g/mol. The third kappa shape index (κ3) is 2.14. The van der Waals surface area contributed by atoms with Crippen LogP contribution in [0.5, 0.6) is 0 Å². The van der Waals surface area contributed by atoms with Crippen LogP contribution in [0.15, 0.2) is 30.2 Å². The van der Waals surface area contributed by atoms with Crippen LogP contribution in [0.2, 0.25) is 0 Å². The van der Waals surface area contributed by atoms with Gasteiger partial charge in [-0.2, -0.15) is 5.10 Å². The van der Waals surface area contributed by atoms with Crippen molar-refractivity contribution in [1.29, 1.82) is 0 Å². The topological polar surface area (TPSA) is 48.5 Å². The second-order valence-corrected chi connectivity index (χ2v) is 3.89. The molecule has 0 aliphatic carbocycles. The van der Waals surface area contributed by atoms with E-state index in [1.807, 2.05) is 22.5 Å². The first-order valence-corrected chi connectivity index (χ1v) is 5.27. The molecule has 0 unspecified atom stereocenters. The van der Waals surface area contributed by atoms with Gasteiger partial charge in [-0.05, 0) is 0 Å². The van der Waals surface area contributed by atoms with Gasteiger partial charge < -0.3 is 4.57 Å². The molecular weight excluding hydrogens is 198 g/mol. The minimum Gasteiger partial charge on any atom is -0.329 e.